The summed E-state index contributed by atoms with van der Waals surface area (Å²) in [6.45, 7) is 7.58. The highest BCUT2D eigenvalue weighted by Crippen LogP contribution is 2.27. The molecule has 0 bridgehead atoms. The van der Waals surface area contributed by atoms with Gasteiger partial charge in [-0.2, -0.15) is 0 Å². The Labute approximate surface area is 249 Å². The molecule has 1 aliphatic carbocycles. The first kappa shape index (κ1) is 31.1. The molecule has 1 aliphatic rings. The van der Waals surface area contributed by atoms with Crippen LogP contribution in [0.25, 0.3) is 0 Å². The van der Waals surface area contributed by atoms with E-state index in [1.165, 1.54) is 4.90 Å². The molecule has 3 aromatic rings. The second-order valence-electron chi connectivity index (χ2n) is 10.9. The standard InChI is InChI=1S/C33H41N3O5S/c1-5-41-30-17-15-29(16-18-30)36(42(39,40)31-19-13-24(2)14-20-31)23-32(37)35(22-27-10-8-9-25(3)21-27)26(4)33(38)34-28-11-6-7-12-28/h8-10,13-21,26,28H,5-7,11-12,22-23H2,1-4H3,(H,34,38). The molecule has 0 heterocycles. The first-order valence-electron chi connectivity index (χ1n) is 14.6. The molecule has 42 heavy (non-hydrogen) atoms. The molecule has 0 aliphatic heterocycles. The lowest BCUT2D eigenvalue weighted by atomic mass is 10.1. The molecule has 1 saturated carbocycles. The highest BCUT2D eigenvalue weighted by atomic mass is 32.2. The lowest BCUT2D eigenvalue weighted by molar-refractivity contribution is -0.139. The Bertz CT molecular complexity index is 1470. The number of rotatable bonds is 12. The number of carbonyl (C=O) groups excluding carboxylic acids is 2. The third-order valence-electron chi connectivity index (χ3n) is 7.63. The number of nitrogens with one attached hydrogen (secondary N) is 1. The van der Waals surface area contributed by atoms with Crippen molar-refractivity contribution in [2.75, 3.05) is 17.5 Å². The summed E-state index contributed by atoms with van der Waals surface area (Å²) in [6.07, 6.45) is 3.98. The molecule has 1 atom stereocenters. The highest BCUT2D eigenvalue weighted by Gasteiger charge is 2.33. The summed E-state index contributed by atoms with van der Waals surface area (Å²) < 4.78 is 34.6. The van der Waals surface area contributed by atoms with Crippen LogP contribution in [0.5, 0.6) is 5.75 Å². The van der Waals surface area contributed by atoms with Crippen molar-refractivity contribution in [3.8, 4) is 5.75 Å². The zero-order chi connectivity index (χ0) is 30.3. The molecule has 1 N–H and O–H groups in total. The van der Waals surface area contributed by atoms with Gasteiger partial charge in [0.2, 0.25) is 11.8 Å². The molecule has 2 amide bonds. The highest BCUT2D eigenvalue weighted by molar-refractivity contribution is 7.92. The molecule has 0 spiro atoms. The van der Waals surface area contributed by atoms with Crippen LogP contribution in [0.15, 0.2) is 77.7 Å². The zero-order valence-corrected chi connectivity index (χ0v) is 25.7. The van der Waals surface area contributed by atoms with Gasteiger partial charge in [-0.1, -0.05) is 60.4 Å². The molecular weight excluding hydrogens is 550 g/mol. The fourth-order valence-electron chi connectivity index (χ4n) is 5.22. The predicted octanol–water partition coefficient (Wildman–Crippen LogP) is 5.37. The Hall–Kier alpha value is -3.85. The minimum atomic E-state index is -4.12. The van der Waals surface area contributed by atoms with Gasteiger partial charge < -0.3 is 15.0 Å². The molecular formula is C33H41N3O5S. The average Bonchev–Trinajstić information content (AvgIpc) is 3.48. The number of aryl methyl sites for hydroxylation is 2. The van der Waals surface area contributed by atoms with Crippen molar-refractivity contribution in [2.45, 2.75) is 76.9 Å². The molecule has 4 rings (SSSR count). The molecule has 3 aromatic carbocycles. The van der Waals surface area contributed by atoms with E-state index in [2.05, 4.69) is 5.32 Å². The smallest absolute Gasteiger partial charge is 0.264 e. The van der Waals surface area contributed by atoms with Crippen LogP contribution in [0.2, 0.25) is 0 Å². The Morgan fingerprint density at radius 3 is 2.24 bits per heavy atom. The van der Waals surface area contributed by atoms with Crippen LogP contribution in [0.3, 0.4) is 0 Å². The molecule has 0 aromatic heterocycles. The maximum Gasteiger partial charge on any atom is 0.264 e. The van der Waals surface area contributed by atoms with Crippen LogP contribution in [0, 0.1) is 13.8 Å². The summed E-state index contributed by atoms with van der Waals surface area (Å²) >= 11 is 0. The van der Waals surface area contributed by atoms with E-state index in [0.717, 1.165) is 46.7 Å². The third kappa shape index (κ3) is 7.70. The van der Waals surface area contributed by atoms with Crippen LogP contribution in [0.4, 0.5) is 5.69 Å². The molecule has 224 valence electrons. The van der Waals surface area contributed by atoms with Gasteiger partial charge in [0, 0.05) is 12.6 Å². The summed E-state index contributed by atoms with van der Waals surface area (Å²) in [5, 5.41) is 3.10. The van der Waals surface area contributed by atoms with Gasteiger partial charge in [0.25, 0.3) is 10.0 Å². The summed E-state index contributed by atoms with van der Waals surface area (Å²) in [7, 11) is -4.12. The maximum absolute atomic E-state index is 14.1. The van der Waals surface area contributed by atoms with Gasteiger partial charge in [-0.25, -0.2) is 8.42 Å². The van der Waals surface area contributed by atoms with Gasteiger partial charge in [-0.05, 0) is 82.5 Å². The second kappa shape index (κ2) is 13.9. The van der Waals surface area contributed by atoms with E-state index < -0.39 is 28.5 Å². The third-order valence-corrected chi connectivity index (χ3v) is 9.42. The minimum absolute atomic E-state index is 0.0760. The number of carbonyl (C=O) groups is 2. The normalized spacial score (nSPS) is 14.3. The molecule has 9 heteroatoms. The van der Waals surface area contributed by atoms with Crippen molar-refractivity contribution < 1.29 is 22.7 Å². The van der Waals surface area contributed by atoms with E-state index >= 15 is 0 Å². The molecule has 1 unspecified atom stereocenters. The average molecular weight is 592 g/mol. The van der Waals surface area contributed by atoms with Crippen molar-refractivity contribution in [3.63, 3.8) is 0 Å². The molecule has 1 fully saturated rings. The van der Waals surface area contributed by atoms with E-state index in [1.54, 1.807) is 55.5 Å². The van der Waals surface area contributed by atoms with Crippen LogP contribution in [0.1, 0.15) is 56.2 Å². The first-order valence-corrected chi connectivity index (χ1v) is 16.0. The van der Waals surface area contributed by atoms with Crippen LogP contribution in [-0.2, 0) is 26.2 Å². The summed E-state index contributed by atoms with van der Waals surface area (Å²) in [4.78, 5) is 29.0. The monoisotopic (exact) mass is 591 g/mol. The van der Waals surface area contributed by atoms with Crippen LogP contribution in [-0.4, -0.2) is 50.4 Å². The zero-order valence-electron chi connectivity index (χ0n) is 24.9. The fourth-order valence-corrected chi connectivity index (χ4v) is 6.64. The van der Waals surface area contributed by atoms with Gasteiger partial charge in [0.15, 0.2) is 0 Å². The second-order valence-corrected chi connectivity index (χ2v) is 12.8. The van der Waals surface area contributed by atoms with E-state index in [4.69, 9.17) is 4.74 Å². The summed E-state index contributed by atoms with van der Waals surface area (Å²) in [5.41, 5.74) is 3.13. The maximum atomic E-state index is 14.1. The number of hydrogen-bond donors (Lipinski definition) is 1. The van der Waals surface area contributed by atoms with Gasteiger partial charge >= 0.3 is 0 Å². The first-order chi connectivity index (χ1) is 20.1. The van der Waals surface area contributed by atoms with Crippen molar-refractivity contribution in [1.82, 2.24) is 10.2 Å². The van der Waals surface area contributed by atoms with Gasteiger partial charge in [-0.15, -0.1) is 0 Å². The number of sulfonamides is 1. The van der Waals surface area contributed by atoms with E-state index in [0.29, 0.717) is 18.0 Å². The number of hydrogen-bond acceptors (Lipinski definition) is 5. The van der Waals surface area contributed by atoms with E-state index in [-0.39, 0.29) is 23.4 Å². The quantitative estimate of drug-likeness (QED) is 0.305. The van der Waals surface area contributed by atoms with Gasteiger partial charge in [0.05, 0.1) is 17.2 Å². The van der Waals surface area contributed by atoms with Crippen molar-refractivity contribution in [1.29, 1.82) is 0 Å². The Morgan fingerprint density at radius 1 is 0.952 bits per heavy atom. The van der Waals surface area contributed by atoms with Gasteiger partial charge in [0.1, 0.15) is 18.3 Å². The summed E-state index contributed by atoms with van der Waals surface area (Å²) in [5.74, 6) is -0.120. The lowest BCUT2D eigenvalue weighted by Crippen LogP contribution is -2.52. The largest absolute Gasteiger partial charge is 0.494 e. The van der Waals surface area contributed by atoms with Crippen molar-refractivity contribution in [2.24, 2.45) is 0 Å². The molecule has 0 radical (unpaired) electrons. The SMILES string of the molecule is CCOc1ccc(N(CC(=O)N(Cc2cccc(C)c2)C(C)C(=O)NC2CCCC2)S(=O)(=O)c2ccc(C)cc2)cc1. The van der Waals surface area contributed by atoms with Crippen LogP contribution >= 0.6 is 0 Å². The van der Waals surface area contributed by atoms with Crippen molar-refractivity contribution in [3.05, 3.63) is 89.5 Å². The van der Waals surface area contributed by atoms with E-state index in [1.807, 2.05) is 45.0 Å². The summed E-state index contributed by atoms with van der Waals surface area (Å²) in [6, 6.07) is 20.2. The van der Waals surface area contributed by atoms with Crippen LogP contribution < -0.4 is 14.4 Å². The number of benzene rings is 3. The van der Waals surface area contributed by atoms with E-state index in [9.17, 15) is 18.0 Å². The minimum Gasteiger partial charge on any atom is -0.494 e. The fraction of sp³-hybridized carbons (Fsp3) is 0.394. The number of ether oxygens (including phenoxy) is 1. The number of anilines is 1. The lowest BCUT2D eigenvalue weighted by Gasteiger charge is -2.32. The van der Waals surface area contributed by atoms with Crippen molar-refractivity contribution >= 4 is 27.5 Å². The predicted molar refractivity (Wildman–Crippen MR) is 165 cm³/mol. The Kier molecular flexibility index (Phi) is 10.3. The molecule has 0 saturated heterocycles. The Morgan fingerprint density at radius 2 is 1.62 bits per heavy atom. The van der Waals surface area contributed by atoms with Gasteiger partial charge in [-0.3, -0.25) is 13.9 Å². The Balaban J connectivity index is 1.69. The number of nitrogens with zero attached hydrogens (tertiary/aromatic N) is 2. The number of amides is 2. The molecule has 8 nitrogen and oxygen atoms in total. The topological polar surface area (TPSA) is 96.0 Å².